The highest BCUT2D eigenvalue weighted by atomic mass is 35.5. The summed E-state index contributed by atoms with van der Waals surface area (Å²) < 4.78 is 0. The van der Waals surface area contributed by atoms with E-state index in [4.69, 9.17) is 11.6 Å². The molecule has 0 atom stereocenters. The molecule has 0 aliphatic rings. The molecule has 0 radical (unpaired) electrons. The predicted molar refractivity (Wildman–Crippen MR) is 89.6 cm³/mol. The minimum atomic E-state index is -0.176. The summed E-state index contributed by atoms with van der Waals surface area (Å²) in [6.45, 7) is 4.31. The second kappa shape index (κ2) is 7.09. The van der Waals surface area contributed by atoms with Crippen LogP contribution in [0.2, 0.25) is 5.02 Å². The van der Waals surface area contributed by atoms with E-state index in [0.717, 1.165) is 5.56 Å². The second-order valence-corrected chi connectivity index (χ2v) is 5.59. The van der Waals surface area contributed by atoms with Crippen LogP contribution in [0.5, 0.6) is 0 Å². The van der Waals surface area contributed by atoms with Crippen LogP contribution in [0, 0.1) is 0 Å². The van der Waals surface area contributed by atoms with Crippen LogP contribution >= 0.6 is 11.6 Å². The van der Waals surface area contributed by atoms with E-state index in [1.165, 1.54) is 11.6 Å². The molecule has 108 valence electrons. The number of hydrogen-bond acceptors (Lipinski definition) is 1. The van der Waals surface area contributed by atoms with Gasteiger partial charge < -0.3 is 5.32 Å². The van der Waals surface area contributed by atoms with Crippen molar-refractivity contribution in [2.45, 2.75) is 19.8 Å². The first-order valence-electron chi connectivity index (χ1n) is 6.89. The van der Waals surface area contributed by atoms with Gasteiger partial charge in [0, 0.05) is 16.8 Å². The highest BCUT2D eigenvalue weighted by Gasteiger charge is 2.00. The second-order valence-electron chi connectivity index (χ2n) is 5.15. The molecule has 0 bridgehead atoms. The molecule has 0 spiro atoms. The summed E-state index contributed by atoms with van der Waals surface area (Å²) in [6.07, 6.45) is 3.31. The summed E-state index contributed by atoms with van der Waals surface area (Å²) in [5.74, 6) is 0.333. The van der Waals surface area contributed by atoms with Crippen LogP contribution in [-0.4, -0.2) is 5.91 Å². The Labute approximate surface area is 130 Å². The van der Waals surface area contributed by atoms with Crippen molar-refractivity contribution in [1.29, 1.82) is 0 Å². The lowest BCUT2D eigenvalue weighted by Gasteiger charge is -2.05. The zero-order valence-corrected chi connectivity index (χ0v) is 12.9. The highest BCUT2D eigenvalue weighted by molar-refractivity contribution is 6.30. The van der Waals surface area contributed by atoms with Gasteiger partial charge in [0.25, 0.3) is 0 Å². The highest BCUT2D eigenvalue weighted by Crippen LogP contribution is 2.16. The average molecular weight is 300 g/mol. The summed E-state index contributed by atoms with van der Waals surface area (Å²) in [7, 11) is 0. The molecule has 2 aromatic carbocycles. The number of hydrogen-bond donors (Lipinski definition) is 1. The lowest BCUT2D eigenvalue weighted by atomic mass is 10.0. The quantitative estimate of drug-likeness (QED) is 0.780. The van der Waals surface area contributed by atoms with Gasteiger partial charge in [-0.05, 0) is 41.3 Å². The Morgan fingerprint density at radius 2 is 1.86 bits per heavy atom. The Balaban J connectivity index is 1.98. The molecule has 2 aromatic rings. The lowest BCUT2D eigenvalue weighted by molar-refractivity contribution is -0.111. The third-order valence-corrected chi connectivity index (χ3v) is 3.36. The van der Waals surface area contributed by atoms with Crippen molar-refractivity contribution >= 4 is 29.3 Å². The molecule has 0 aliphatic heterocycles. The van der Waals surface area contributed by atoms with Crippen LogP contribution in [0.3, 0.4) is 0 Å². The van der Waals surface area contributed by atoms with E-state index in [1.807, 2.05) is 12.1 Å². The molecule has 0 saturated carbocycles. The average Bonchev–Trinajstić information content (AvgIpc) is 2.45. The molecule has 0 saturated heterocycles. The molecule has 0 aliphatic carbocycles. The Morgan fingerprint density at radius 3 is 2.48 bits per heavy atom. The number of rotatable bonds is 4. The van der Waals surface area contributed by atoms with Crippen molar-refractivity contribution in [3.63, 3.8) is 0 Å². The standard InChI is InChI=1S/C18H18ClNO/c1-13(2)15-9-6-14(7-10-15)8-11-18(21)20-17-5-3-4-16(19)12-17/h3-13H,1-2H3,(H,20,21)/b11-8+. The first-order valence-corrected chi connectivity index (χ1v) is 7.27. The molecule has 2 rings (SSSR count). The molecule has 0 heterocycles. The topological polar surface area (TPSA) is 29.1 Å². The largest absolute Gasteiger partial charge is 0.322 e. The maximum absolute atomic E-state index is 11.8. The number of anilines is 1. The van der Waals surface area contributed by atoms with Gasteiger partial charge in [-0.25, -0.2) is 0 Å². The fraction of sp³-hybridized carbons (Fsp3) is 0.167. The number of halogens is 1. The van der Waals surface area contributed by atoms with Crippen molar-refractivity contribution in [2.24, 2.45) is 0 Å². The Morgan fingerprint density at radius 1 is 1.14 bits per heavy atom. The van der Waals surface area contributed by atoms with Crippen molar-refractivity contribution in [2.75, 3.05) is 5.32 Å². The van der Waals surface area contributed by atoms with Gasteiger partial charge in [0.2, 0.25) is 5.91 Å². The van der Waals surface area contributed by atoms with Crippen molar-refractivity contribution in [3.8, 4) is 0 Å². The molecule has 21 heavy (non-hydrogen) atoms. The first kappa shape index (κ1) is 15.3. The monoisotopic (exact) mass is 299 g/mol. The molecule has 0 fully saturated rings. The molecule has 3 heteroatoms. The summed E-state index contributed by atoms with van der Waals surface area (Å²) >= 11 is 5.87. The van der Waals surface area contributed by atoms with Crippen molar-refractivity contribution < 1.29 is 4.79 Å². The van der Waals surface area contributed by atoms with Gasteiger partial charge in [-0.15, -0.1) is 0 Å². The molecular weight excluding hydrogens is 282 g/mol. The molecule has 0 unspecified atom stereocenters. The Kier molecular flexibility index (Phi) is 5.18. The summed E-state index contributed by atoms with van der Waals surface area (Å²) in [6, 6.07) is 15.3. The maximum atomic E-state index is 11.8. The minimum absolute atomic E-state index is 0.176. The van der Waals surface area contributed by atoms with E-state index in [0.29, 0.717) is 16.6 Å². The van der Waals surface area contributed by atoms with E-state index >= 15 is 0 Å². The summed E-state index contributed by atoms with van der Waals surface area (Å²) in [5, 5.41) is 3.37. The van der Waals surface area contributed by atoms with Crippen LogP contribution < -0.4 is 5.32 Å². The Hall–Kier alpha value is -2.06. The zero-order valence-electron chi connectivity index (χ0n) is 12.1. The third-order valence-electron chi connectivity index (χ3n) is 3.12. The normalized spacial score (nSPS) is 11.0. The summed E-state index contributed by atoms with van der Waals surface area (Å²) in [4.78, 5) is 11.8. The summed E-state index contributed by atoms with van der Waals surface area (Å²) in [5.41, 5.74) is 2.98. The van der Waals surface area contributed by atoms with Crippen LogP contribution in [-0.2, 0) is 4.79 Å². The number of amides is 1. The van der Waals surface area contributed by atoms with Crippen LogP contribution in [0.4, 0.5) is 5.69 Å². The van der Waals surface area contributed by atoms with E-state index in [1.54, 1.807) is 30.3 Å². The maximum Gasteiger partial charge on any atom is 0.248 e. The third kappa shape index (κ3) is 4.76. The Bertz CT molecular complexity index is 645. The van der Waals surface area contributed by atoms with Gasteiger partial charge >= 0.3 is 0 Å². The fourth-order valence-electron chi connectivity index (χ4n) is 1.91. The van der Waals surface area contributed by atoms with Gasteiger partial charge in [0.15, 0.2) is 0 Å². The number of carbonyl (C=O) groups excluding carboxylic acids is 1. The van der Waals surface area contributed by atoms with E-state index in [-0.39, 0.29) is 5.91 Å². The SMILES string of the molecule is CC(C)c1ccc(/C=C/C(=O)Nc2cccc(Cl)c2)cc1. The minimum Gasteiger partial charge on any atom is -0.322 e. The molecular formula is C18H18ClNO. The lowest BCUT2D eigenvalue weighted by Crippen LogP contribution is -2.07. The van der Waals surface area contributed by atoms with Crippen molar-refractivity contribution in [3.05, 3.63) is 70.8 Å². The number of benzene rings is 2. The van der Waals surface area contributed by atoms with E-state index < -0.39 is 0 Å². The van der Waals surface area contributed by atoms with Gasteiger partial charge in [0.05, 0.1) is 0 Å². The molecule has 1 N–H and O–H groups in total. The smallest absolute Gasteiger partial charge is 0.248 e. The van der Waals surface area contributed by atoms with Gasteiger partial charge in [-0.1, -0.05) is 55.8 Å². The van der Waals surface area contributed by atoms with Gasteiger partial charge in [0.1, 0.15) is 0 Å². The molecule has 0 aromatic heterocycles. The van der Waals surface area contributed by atoms with Gasteiger partial charge in [-0.3, -0.25) is 4.79 Å². The zero-order chi connectivity index (χ0) is 15.2. The fourth-order valence-corrected chi connectivity index (χ4v) is 2.10. The van der Waals surface area contributed by atoms with E-state index in [9.17, 15) is 4.79 Å². The van der Waals surface area contributed by atoms with Crippen LogP contribution in [0.1, 0.15) is 30.9 Å². The predicted octanol–water partition coefficient (Wildman–Crippen LogP) is 5.12. The van der Waals surface area contributed by atoms with E-state index in [2.05, 4.69) is 31.3 Å². The van der Waals surface area contributed by atoms with Gasteiger partial charge in [-0.2, -0.15) is 0 Å². The number of carbonyl (C=O) groups is 1. The van der Waals surface area contributed by atoms with Crippen LogP contribution in [0.25, 0.3) is 6.08 Å². The molecule has 1 amide bonds. The van der Waals surface area contributed by atoms with Crippen molar-refractivity contribution in [1.82, 2.24) is 0 Å². The number of nitrogens with one attached hydrogen (secondary N) is 1. The molecule has 2 nitrogen and oxygen atoms in total. The van der Waals surface area contributed by atoms with Crippen LogP contribution in [0.15, 0.2) is 54.6 Å². The first-order chi connectivity index (χ1) is 10.0.